The Morgan fingerprint density at radius 3 is 2.56 bits per heavy atom. The van der Waals surface area contributed by atoms with E-state index in [9.17, 15) is 4.79 Å². The Morgan fingerprint density at radius 2 is 1.94 bits per heavy atom. The molecule has 0 amide bonds. The molecule has 4 heteroatoms. The van der Waals surface area contributed by atoms with Crippen LogP contribution < -0.4 is 5.32 Å². The van der Waals surface area contributed by atoms with Gasteiger partial charge < -0.3 is 9.47 Å². The molecule has 1 aliphatic heterocycles. The summed E-state index contributed by atoms with van der Waals surface area (Å²) in [6.45, 7) is 3.86. The molecule has 0 bridgehead atoms. The van der Waals surface area contributed by atoms with Gasteiger partial charge in [-0.1, -0.05) is 30.3 Å². The number of hydrogen-bond acceptors (Lipinski definition) is 4. The number of esters is 1. The van der Waals surface area contributed by atoms with Gasteiger partial charge in [0.2, 0.25) is 0 Å². The fraction of sp³-hybridized carbons (Fsp3) is 0.500. The summed E-state index contributed by atoms with van der Waals surface area (Å²) in [7, 11) is 1.41. The average Bonchev–Trinajstić information content (AvgIpc) is 2.38. The molecule has 98 valence electrons. The molecule has 4 atom stereocenters. The molecule has 0 spiro atoms. The summed E-state index contributed by atoms with van der Waals surface area (Å²) in [6.07, 6.45) is -0.245. The summed E-state index contributed by atoms with van der Waals surface area (Å²) in [4.78, 5) is 11.9. The number of carbonyl (C=O) groups is 1. The van der Waals surface area contributed by atoms with E-state index in [1.165, 1.54) is 7.11 Å². The highest BCUT2D eigenvalue weighted by atomic mass is 16.5. The third-order valence-electron chi connectivity index (χ3n) is 3.33. The molecule has 1 aromatic rings. The number of carbonyl (C=O) groups excluding carboxylic acids is 1. The number of ether oxygens (including phenoxy) is 2. The van der Waals surface area contributed by atoms with Gasteiger partial charge in [0.1, 0.15) is 12.1 Å². The Balaban J connectivity index is 2.30. The molecule has 4 unspecified atom stereocenters. The van der Waals surface area contributed by atoms with E-state index in [4.69, 9.17) is 9.47 Å². The molecule has 18 heavy (non-hydrogen) atoms. The van der Waals surface area contributed by atoms with Crippen LogP contribution in [0.1, 0.15) is 25.5 Å². The molecule has 1 N–H and O–H groups in total. The van der Waals surface area contributed by atoms with Crippen molar-refractivity contribution in [2.24, 2.45) is 5.92 Å². The van der Waals surface area contributed by atoms with E-state index in [0.717, 1.165) is 5.56 Å². The largest absolute Gasteiger partial charge is 0.469 e. The number of methoxy groups -OCH3 is 1. The predicted molar refractivity (Wildman–Crippen MR) is 67.8 cm³/mol. The Labute approximate surface area is 107 Å². The van der Waals surface area contributed by atoms with Crippen molar-refractivity contribution < 1.29 is 14.3 Å². The van der Waals surface area contributed by atoms with Crippen LogP contribution in [0.15, 0.2) is 30.3 Å². The Bertz CT molecular complexity index is 407. The van der Waals surface area contributed by atoms with E-state index < -0.39 is 0 Å². The second-order valence-electron chi connectivity index (χ2n) is 4.59. The van der Waals surface area contributed by atoms with E-state index in [1.54, 1.807) is 0 Å². The van der Waals surface area contributed by atoms with Crippen LogP contribution >= 0.6 is 0 Å². The first-order valence-corrected chi connectivity index (χ1v) is 6.17. The second kappa shape index (κ2) is 5.50. The summed E-state index contributed by atoms with van der Waals surface area (Å²) < 4.78 is 10.5. The zero-order valence-electron chi connectivity index (χ0n) is 10.9. The minimum absolute atomic E-state index is 0.0719. The maximum Gasteiger partial charge on any atom is 0.313 e. The Hall–Kier alpha value is -1.39. The first kappa shape index (κ1) is 13.1. The van der Waals surface area contributed by atoms with E-state index >= 15 is 0 Å². The lowest BCUT2D eigenvalue weighted by molar-refractivity contribution is -0.164. The van der Waals surface area contributed by atoms with Crippen LogP contribution in [-0.4, -0.2) is 25.4 Å². The number of hydrogen-bond donors (Lipinski definition) is 1. The fourth-order valence-electron chi connectivity index (χ4n) is 2.50. The van der Waals surface area contributed by atoms with Crippen molar-refractivity contribution in [3.63, 3.8) is 0 Å². The van der Waals surface area contributed by atoms with Gasteiger partial charge in [-0.05, 0) is 19.4 Å². The third kappa shape index (κ3) is 2.54. The van der Waals surface area contributed by atoms with Crippen LogP contribution in [0.4, 0.5) is 0 Å². The molecule has 0 aromatic heterocycles. The maximum atomic E-state index is 11.9. The van der Waals surface area contributed by atoms with Gasteiger partial charge in [-0.2, -0.15) is 0 Å². The first-order valence-electron chi connectivity index (χ1n) is 6.17. The van der Waals surface area contributed by atoms with Crippen molar-refractivity contribution >= 4 is 5.97 Å². The Morgan fingerprint density at radius 1 is 1.28 bits per heavy atom. The third-order valence-corrected chi connectivity index (χ3v) is 3.33. The summed E-state index contributed by atoms with van der Waals surface area (Å²) in [6, 6.07) is 9.85. The molecular weight excluding hydrogens is 230 g/mol. The summed E-state index contributed by atoms with van der Waals surface area (Å²) in [5, 5.41) is 3.31. The van der Waals surface area contributed by atoms with Gasteiger partial charge in [-0.3, -0.25) is 10.1 Å². The molecule has 1 fully saturated rings. The van der Waals surface area contributed by atoms with Gasteiger partial charge in [0.15, 0.2) is 0 Å². The summed E-state index contributed by atoms with van der Waals surface area (Å²) in [5.74, 6) is -0.565. The highest BCUT2D eigenvalue weighted by Gasteiger charge is 2.40. The zero-order chi connectivity index (χ0) is 13.1. The SMILES string of the molecule is COC(=O)C1C(C)OC(C)NC1c1ccccc1. The number of rotatable bonds is 2. The lowest BCUT2D eigenvalue weighted by Crippen LogP contribution is -2.51. The van der Waals surface area contributed by atoms with Gasteiger partial charge in [0, 0.05) is 0 Å². The van der Waals surface area contributed by atoms with E-state index in [0.29, 0.717) is 0 Å². The minimum atomic E-state index is -0.325. The quantitative estimate of drug-likeness (QED) is 0.813. The highest BCUT2D eigenvalue weighted by molar-refractivity contribution is 5.74. The van der Waals surface area contributed by atoms with Crippen molar-refractivity contribution in [1.29, 1.82) is 0 Å². The van der Waals surface area contributed by atoms with Crippen molar-refractivity contribution in [3.05, 3.63) is 35.9 Å². The lowest BCUT2D eigenvalue weighted by Gasteiger charge is -2.39. The van der Waals surface area contributed by atoms with E-state index in [-0.39, 0.29) is 30.3 Å². The highest BCUT2D eigenvalue weighted by Crippen LogP contribution is 2.32. The van der Waals surface area contributed by atoms with Crippen LogP contribution in [0.25, 0.3) is 0 Å². The molecule has 0 radical (unpaired) electrons. The minimum Gasteiger partial charge on any atom is -0.469 e. The molecular formula is C14H19NO3. The van der Waals surface area contributed by atoms with Crippen LogP contribution in [-0.2, 0) is 14.3 Å². The van der Waals surface area contributed by atoms with E-state index in [2.05, 4.69) is 5.32 Å². The van der Waals surface area contributed by atoms with Gasteiger partial charge in [0.25, 0.3) is 0 Å². The topological polar surface area (TPSA) is 47.6 Å². The van der Waals surface area contributed by atoms with Gasteiger partial charge in [-0.15, -0.1) is 0 Å². The molecule has 0 saturated carbocycles. The Kier molecular flexibility index (Phi) is 3.99. The van der Waals surface area contributed by atoms with Crippen LogP contribution in [0.5, 0.6) is 0 Å². The van der Waals surface area contributed by atoms with Gasteiger partial charge in [-0.25, -0.2) is 0 Å². The van der Waals surface area contributed by atoms with Gasteiger partial charge >= 0.3 is 5.97 Å². The van der Waals surface area contributed by atoms with Crippen molar-refractivity contribution in [2.75, 3.05) is 7.11 Å². The second-order valence-corrected chi connectivity index (χ2v) is 4.59. The van der Waals surface area contributed by atoms with Crippen molar-refractivity contribution in [3.8, 4) is 0 Å². The normalized spacial score (nSPS) is 31.9. The van der Waals surface area contributed by atoms with Crippen molar-refractivity contribution in [1.82, 2.24) is 5.32 Å². The molecule has 1 saturated heterocycles. The summed E-state index contributed by atoms with van der Waals surface area (Å²) in [5.41, 5.74) is 1.08. The number of nitrogens with one attached hydrogen (secondary N) is 1. The van der Waals surface area contributed by atoms with Crippen LogP contribution in [0, 0.1) is 5.92 Å². The standard InChI is InChI=1S/C14H19NO3/c1-9-12(14(16)17-3)13(15-10(2)18-9)11-7-5-4-6-8-11/h4-10,12-13,15H,1-3H3. The fourth-order valence-corrected chi connectivity index (χ4v) is 2.50. The monoisotopic (exact) mass is 249 g/mol. The molecule has 1 heterocycles. The molecule has 0 aliphatic carbocycles. The van der Waals surface area contributed by atoms with Gasteiger partial charge in [0.05, 0.1) is 19.3 Å². The smallest absolute Gasteiger partial charge is 0.313 e. The zero-order valence-corrected chi connectivity index (χ0v) is 10.9. The number of benzene rings is 1. The first-order chi connectivity index (χ1) is 8.63. The molecule has 2 rings (SSSR count). The van der Waals surface area contributed by atoms with Crippen LogP contribution in [0.2, 0.25) is 0 Å². The lowest BCUT2D eigenvalue weighted by atomic mass is 9.87. The van der Waals surface area contributed by atoms with E-state index in [1.807, 2.05) is 44.2 Å². The molecule has 1 aliphatic rings. The predicted octanol–water partition coefficient (Wildman–Crippen LogP) is 1.87. The maximum absolute atomic E-state index is 11.9. The van der Waals surface area contributed by atoms with Crippen molar-refractivity contribution in [2.45, 2.75) is 32.2 Å². The molecule has 4 nitrogen and oxygen atoms in total. The average molecular weight is 249 g/mol. The molecule has 1 aromatic carbocycles. The van der Waals surface area contributed by atoms with Crippen LogP contribution in [0.3, 0.4) is 0 Å². The summed E-state index contributed by atoms with van der Waals surface area (Å²) >= 11 is 0.